The Morgan fingerprint density at radius 2 is 2.06 bits per heavy atom. The van der Waals surface area contributed by atoms with Crippen molar-refractivity contribution in [2.24, 2.45) is 0 Å². The van der Waals surface area contributed by atoms with Gasteiger partial charge in [-0.05, 0) is 18.2 Å². The normalized spacial score (nSPS) is 11.6. The van der Waals surface area contributed by atoms with E-state index < -0.39 is 9.84 Å². The van der Waals surface area contributed by atoms with Crippen molar-refractivity contribution >= 4 is 15.7 Å². The molecule has 0 radical (unpaired) electrons. The molecule has 7 heteroatoms. The number of hydrogen-bond acceptors (Lipinski definition) is 6. The van der Waals surface area contributed by atoms with Crippen LogP contribution in [0, 0.1) is 0 Å². The third kappa shape index (κ3) is 2.23. The van der Waals surface area contributed by atoms with Crippen LogP contribution in [-0.2, 0) is 9.84 Å². The molecule has 1 aromatic heterocycles. The molecule has 0 unspecified atom stereocenters. The minimum Gasteiger partial charge on any atom is -0.507 e. The van der Waals surface area contributed by atoms with E-state index in [0.29, 0.717) is 0 Å². The van der Waals surface area contributed by atoms with Gasteiger partial charge in [-0.15, -0.1) is 0 Å². The zero-order valence-corrected chi connectivity index (χ0v) is 9.73. The Morgan fingerprint density at radius 1 is 1.35 bits per heavy atom. The largest absolute Gasteiger partial charge is 0.507 e. The molecule has 6 nitrogen and oxygen atoms in total. The van der Waals surface area contributed by atoms with Gasteiger partial charge in [0.05, 0.1) is 4.90 Å². The Morgan fingerprint density at radius 3 is 2.59 bits per heavy atom. The molecule has 0 spiro atoms. The average molecular weight is 254 g/mol. The first-order valence-electron chi connectivity index (χ1n) is 4.63. The fourth-order valence-electron chi connectivity index (χ4n) is 1.37. The van der Waals surface area contributed by atoms with E-state index in [4.69, 9.17) is 5.73 Å². The summed E-state index contributed by atoms with van der Waals surface area (Å²) in [6, 6.07) is 5.33. The summed E-state index contributed by atoms with van der Waals surface area (Å²) in [6.07, 6.45) is 1.08. The standard InChI is InChI=1S/C10H10N2O4S/c1-17(14,15)6-2-3-9(13)7(4-6)8-5-10(11)16-12-8/h2-5,13H,11H2,1H3. The molecule has 2 aromatic rings. The number of aromatic hydroxyl groups is 1. The van der Waals surface area contributed by atoms with Gasteiger partial charge in [0.15, 0.2) is 9.84 Å². The lowest BCUT2D eigenvalue weighted by molar-refractivity contribution is 0.437. The van der Waals surface area contributed by atoms with Crippen molar-refractivity contribution in [2.45, 2.75) is 4.90 Å². The molecule has 17 heavy (non-hydrogen) atoms. The van der Waals surface area contributed by atoms with Crippen LogP contribution < -0.4 is 5.73 Å². The summed E-state index contributed by atoms with van der Waals surface area (Å²) in [5.41, 5.74) is 5.90. The number of benzene rings is 1. The van der Waals surface area contributed by atoms with Crippen LogP contribution in [0.3, 0.4) is 0 Å². The number of rotatable bonds is 2. The molecular formula is C10H10N2O4S. The van der Waals surface area contributed by atoms with Crippen LogP contribution in [0.2, 0.25) is 0 Å². The number of hydrogen-bond donors (Lipinski definition) is 2. The predicted octanol–water partition coefficient (Wildman–Crippen LogP) is 1.03. The maximum atomic E-state index is 11.4. The quantitative estimate of drug-likeness (QED) is 0.829. The molecule has 1 heterocycles. The molecule has 0 aliphatic carbocycles. The minimum absolute atomic E-state index is 0.0872. The highest BCUT2D eigenvalue weighted by molar-refractivity contribution is 7.90. The van der Waals surface area contributed by atoms with Crippen molar-refractivity contribution in [3.63, 3.8) is 0 Å². The lowest BCUT2D eigenvalue weighted by Gasteiger charge is -2.03. The highest BCUT2D eigenvalue weighted by Gasteiger charge is 2.14. The van der Waals surface area contributed by atoms with Gasteiger partial charge in [0.1, 0.15) is 11.4 Å². The van der Waals surface area contributed by atoms with E-state index in [0.717, 1.165) is 6.26 Å². The maximum absolute atomic E-state index is 11.4. The van der Waals surface area contributed by atoms with Crippen LogP contribution in [-0.4, -0.2) is 24.9 Å². The van der Waals surface area contributed by atoms with Gasteiger partial charge in [-0.1, -0.05) is 5.16 Å². The van der Waals surface area contributed by atoms with E-state index in [1.165, 1.54) is 24.3 Å². The summed E-state index contributed by atoms with van der Waals surface area (Å²) in [7, 11) is -3.34. The van der Waals surface area contributed by atoms with Crippen molar-refractivity contribution in [1.29, 1.82) is 0 Å². The van der Waals surface area contributed by atoms with Gasteiger partial charge in [-0.3, -0.25) is 0 Å². The Hall–Kier alpha value is -2.02. The second-order valence-electron chi connectivity index (χ2n) is 3.57. The molecule has 90 valence electrons. The topological polar surface area (TPSA) is 106 Å². The molecule has 0 fully saturated rings. The summed E-state index contributed by atoms with van der Waals surface area (Å²) < 4.78 is 27.4. The highest BCUT2D eigenvalue weighted by atomic mass is 32.2. The van der Waals surface area contributed by atoms with Crippen molar-refractivity contribution in [2.75, 3.05) is 12.0 Å². The van der Waals surface area contributed by atoms with Crippen molar-refractivity contribution in [1.82, 2.24) is 5.16 Å². The minimum atomic E-state index is -3.34. The van der Waals surface area contributed by atoms with Crippen molar-refractivity contribution in [3.05, 3.63) is 24.3 Å². The fourth-order valence-corrected chi connectivity index (χ4v) is 2.01. The lowest BCUT2D eigenvalue weighted by Crippen LogP contribution is -1.97. The van der Waals surface area contributed by atoms with Crippen LogP contribution in [0.1, 0.15) is 0 Å². The van der Waals surface area contributed by atoms with Gasteiger partial charge in [0, 0.05) is 17.9 Å². The first-order valence-corrected chi connectivity index (χ1v) is 6.53. The number of nitrogens with two attached hydrogens (primary N) is 1. The van der Waals surface area contributed by atoms with Gasteiger partial charge in [0.2, 0.25) is 5.88 Å². The SMILES string of the molecule is CS(=O)(=O)c1ccc(O)c(-c2cc(N)on2)c1. The monoisotopic (exact) mass is 254 g/mol. The second kappa shape index (κ2) is 3.77. The first kappa shape index (κ1) is 11.5. The Kier molecular flexibility index (Phi) is 2.55. The van der Waals surface area contributed by atoms with E-state index in [9.17, 15) is 13.5 Å². The zero-order valence-electron chi connectivity index (χ0n) is 8.91. The predicted molar refractivity (Wildman–Crippen MR) is 61.1 cm³/mol. The average Bonchev–Trinajstić information content (AvgIpc) is 2.63. The number of sulfone groups is 1. The molecule has 0 aliphatic rings. The van der Waals surface area contributed by atoms with E-state index in [1.54, 1.807) is 0 Å². The molecule has 0 saturated carbocycles. The lowest BCUT2D eigenvalue weighted by atomic mass is 10.1. The Balaban J connectivity index is 2.62. The van der Waals surface area contributed by atoms with Gasteiger partial charge in [-0.25, -0.2) is 8.42 Å². The third-order valence-corrected chi connectivity index (χ3v) is 3.31. The molecule has 0 bridgehead atoms. The summed E-state index contributed by atoms with van der Waals surface area (Å²) in [5.74, 6) is -0.00476. The van der Waals surface area contributed by atoms with E-state index >= 15 is 0 Å². The van der Waals surface area contributed by atoms with Crippen LogP contribution in [0.5, 0.6) is 5.75 Å². The number of phenols is 1. The van der Waals surface area contributed by atoms with Crippen molar-refractivity contribution in [3.8, 4) is 17.0 Å². The molecule has 2 rings (SSSR count). The van der Waals surface area contributed by atoms with Gasteiger partial charge in [-0.2, -0.15) is 0 Å². The first-order chi connectivity index (χ1) is 7.88. The van der Waals surface area contributed by atoms with Gasteiger partial charge in [0.25, 0.3) is 0 Å². The van der Waals surface area contributed by atoms with Crippen LogP contribution >= 0.6 is 0 Å². The second-order valence-corrected chi connectivity index (χ2v) is 5.58. The number of phenolic OH excluding ortho intramolecular Hbond substituents is 1. The smallest absolute Gasteiger partial charge is 0.222 e. The van der Waals surface area contributed by atoms with E-state index in [2.05, 4.69) is 9.68 Å². The molecule has 0 aliphatic heterocycles. The summed E-state index contributed by atoms with van der Waals surface area (Å²) in [5, 5.41) is 13.3. The van der Waals surface area contributed by atoms with Crippen LogP contribution in [0.15, 0.2) is 33.7 Å². The number of aromatic nitrogens is 1. The van der Waals surface area contributed by atoms with Gasteiger partial charge >= 0.3 is 0 Å². The third-order valence-electron chi connectivity index (χ3n) is 2.20. The van der Waals surface area contributed by atoms with E-state index in [-0.39, 0.29) is 27.8 Å². The molecule has 3 N–H and O–H groups in total. The molecule has 0 amide bonds. The fraction of sp³-hybridized carbons (Fsp3) is 0.100. The van der Waals surface area contributed by atoms with E-state index in [1.807, 2.05) is 0 Å². The molecule has 1 aromatic carbocycles. The van der Waals surface area contributed by atoms with Crippen LogP contribution in [0.4, 0.5) is 5.88 Å². The highest BCUT2D eigenvalue weighted by Crippen LogP contribution is 2.31. The van der Waals surface area contributed by atoms with Crippen LogP contribution in [0.25, 0.3) is 11.3 Å². The number of nitrogens with zero attached hydrogens (tertiary/aromatic N) is 1. The summed E-state index contributed by atoms with van der Waals surface area (Å²) >= 11 is 0. The Labute approximate surface area is 97.6 Å². The molecular weight excluding hydrogens is 244 g/mol. The van der Waals surface area contributed by atoms with Gasteiger partial charge < -0.3 is 15.4 Å². The number of nitrogen functional groups attached to an aromatic ring is 1. The molecule has 0 saturated heterocycles. The van der Waals surface area contributed by atoms with Crippen molar-refractivity contribution < 1.29 is 18.0 Å². The molecule has 0 atom stereocenters. The maximum Gasteiger partial charge on any atom is 0.222 e. The number of anilines is 1. The summed E-state index contributed by atoms with van der Waals surface area (Å²) in [6.45, 7) is 0. The zero-order chi connectivity index (χ0) is 12.6. The Bertz CT molecular complexity index is 661. The summed E-state index contributed by atoms with van der Waals surface area (Å²) in [4.78, 5) is 0.0897.